The molecule has 2 saturated heterocycles. The molecular weight excluding hydrogens is 356 g/mol. The summed E-state index contributed by atoms with van der Waals surface area (Å²) in [7, 11) is 0. The van der Waals surface area contributed by atoms with E-state index in [-0.39, 0.29) is 35.5 Å². The van der Waals surface area contributed by atoms with Crippen LogP contribution in [0, 0.1) is 10.8 Å². The predicted octanol–water partition coefficient (Wildman–Crippen LogP) is 3.19. The molecule has 4 fully saturated rings. The minimum atomic E-state index is -3.82. The van der Waals surface area contributed by atoms with Gasteiger partial charge in [0.1, 0.15) is 0 Å². The second-order valence-electron chi connectivity index (χ2n) is 8.84. The molecular formula is C22H32N2O4. The lowest BCUT2D eigenvalue weighted by Gasteiger charge is -2.38. The Kier molecular flexibility index (Phi) is 3.28. The van der Waals surface area contributed by atoms with E-state index in [1.165, 1.54) is 0 Å². The van der Waals surface area contributed by atoms with Gasteiger partial charge in [0.15, 0.2) is 0 Å². The highest BCUT2D eigenvalue weighted by Gasteiger charge is 2.46. The van der Waals surface area contributed by atoms with E-state index >= 15 is 0 Å². The molecule has 2 aliphatic heterocycles. The Balaban J connectivity index is 1.63. The van der Waals surface area contributed by atoms with Crippen LogP contribution >= 0.6 is 0 Å². The lowest BCUT2D eigenvalue weighted by Crippen LogP contribution is -2.48. The van der Waals surface area contributed by atoms with E-state index in [0.29, 0.717) is 25.7 Å². The van der Waals surface area contributed by atoms with Crippen LogP contribution < -0.4 is 0 Å². The fourth-order valence-corrected chi connectivity index (χ4v) is 5.38. The molecule has 4 amide bonds. The molecule has 2 aliphatic carbocycles. The molecule has 0 aromatic carbocycles. The van der Waals surface area contributed by atoms with E-state index in [1.807, 2.05) is 0 Å². The van der Waals surface area contributed by atoms with Crippen molar-refractivity contribution in [1.82, 2.24) is 9.80 Å². The quantitative estimate of drug-likeness (QED) is 0.669. The SMILES string of the molecule is [2H]C([2H])(N1C(=O)CC2(CCCC2)CC1=O)C([2H])([2H])C([2H])([2H])C([2H])([2H])N1C(=O)CC2(CCCC2)CC1=O. The Morgan fingerprint density at radius 3 is 1.18 bits per heavy atom. The number of imide groups is 2. The molecule has 2 spiro atoms. The van der Waals surface area contributed by atoms with Gasteiger partial charge in [-0.05, 0) is 49.3 Å². The van der Waals surface area contributed by atoms with E-state index in [1.54, 1.807) is 0 Å². The van der Waals surface area contributed by atoms with Crippen LogP contribution in [0.3, 0.4) is 0 Å². The van der Waals surface area contributed by atoms with Crippen LogP contribution in [0.5, 0.6) is 0 Å². The van der Waals surface area contributed by atoms with Crippen molar-refractivity contribution in [2.75, 3.05) is 13.0 Å². The van der Waals surface area contributed by atoms with Gasteiger partial charge >= 0.3 is 0 Å². The van der Waals surface area contributed by atoms with Crippen molar-refractivity contribution >= 4 is 23.6 Å². The summed E-state index contributed by atoms with van der Waals surface area (Å²) in [4.78, 5) is 52.0. The van der Waals surface area contributed by atoms with Crippen LogP contribution in [0.25, 0.3) is 0 Å². The Morgan fingerprint density at radius 2 is 0.893 bits per heavy atom. The maximum absolute atomic E-state index is 12.9. The minimum Gasteiger partial charge on any atom is -0.283 e. The van der Waals surface area contributed by atoms with Gasteiger partial charge in [0, 0.05) is 49.6 Å². The highest BCUT2D eigenvalue weighted by atomic mass is 16.2. The number of nitrogens with zero attached hydrogens (tertiary/aromatic N) is 2. The van der Waals surface area contributed by atoms with Crippen molar-refractivity contribution in [3.05, 3.63) is 0 Å². The van der Waals surface area contributed by atoms with Crippen molar-refractivity contribution in [3.63, 3.8) is 0 Å². The van der Waals surface area contributed by atoms with E-state index in [9.17, 15) is 19.2 Å². The molecule has 4 rings (SSSR count). The predicted molar refractivity (Wildman–Crippen MR) is 103 cm³/mol. The number of carbonyl (C=O) groups excluding carboxylic acids is 4. The van der Waals surface area contributed by atoms with Crippen LogP contribution in [0.1, 0.15) is 101 Å². The number of likely N-dealkylation sites (tertiary alicyclic amines) is 2. The third-order valence-electron chi connectivity index (χ3n) is 6.83. The summed E-state index contributed by atoms with van der Waals surface area (Å²) in [6, 6.07) is 0. The standard InChI is InChI=1S/C22H32N2O4/c25-17-13-21(7-1-2-8-21)14-18(26)23(17)11-5-6-12-24-19(27)15-22(16-20(24)28)9-3-4-10-22/h1-16H2/i5D2,6D2,11D2,12D2. The zero-order valence-corrected chi connectivity index (χ0v) is 16.0. The minimum absolute atomic E-state index is 0.0812. The molecule has 6 heteroatoms. The zero-order chi connectivity index (χ0) is 26.9. The number of rotatable bonds is 5. The largest absolute Gasteiger partial charge is 0.283 e. The molecule has 0 N–H and O–H groups in total. The number of amides is 4. The average molecular weight is 397 g/mol. The van der Waals surface area contributed by atoms with Crippen molar-refractivity contribution in [2.24, 2.45) is 10.8 Å². The Bertz CT molecular complexity index is 869. The molecule has 6 nitrogen and oxygen atoms in total. The summed E-state index contributed by atoms with van der Waals surface area (Å²) >= 11 is 0. The number of hydrogen-bond donors (Lipinski definition) is 0. The summed E-state index contributed by atoms with van der Waals surface area (Å²) in [5.41, 5.74) is -1.21. The van der Waals surface area contributed by atoms with Crippen molar-refractivity contribution in [3.8, 4) is 0 Å². The summed E-state index contributed by atoms with van der Waals surface area (Å²) in [5, 5.41) is 0. The smallest absolute Gasteiger partial charge is 0.229 e. The number of hydrogen-bond acceptors (Lipinski definition) is 4. The topological polar surface area (TPSA) is 74.8 Å². The van der Waals surface area contributed by atoms with Gasteiger partial charge in [-0.1, -0.05) is 25.7 Å². The van der Waals surface area contributed by atoms with Gasteiger partial charge in [-0.25, -0.2) is 0 Å². The molecule has 0 unspecified atom stereocenters. The fraction of sp³-hybridized carbons (Fsp3) is 0.818. The van der Waals surface area contributed by atoms with E-state index in [0.717, 1.165) is 25.7 Å². The van der Waals surface area contributed by atoms with Gasteiger partial charge in [0.05, 0.1) is 0 Å². The first-order valence-electron chi connectivity index (χ1n) is 14.2. The van der Waals surface area contributed by atoms with Gasteiger partial charge in [-0.15, -0.1) is 0 Å². The molecule has 0 aromatic heterocycles. The van der Waals surface area contributed by atoms with E-state index < -0.39 is 60.2 Å². The van der Waals surface area contributed by atoms with Crippen LogP contribution in [0.4, 0.5) is 0 Å². The lowest BCUT2D eigenvalue weighted by molar-refractivity contribution is -0.156. The first-order valence-corrected chi connectivity index (χ1v) is 10.2. The average Bonchev–Trinajstić information content (AvgIpc) is 3.35. The summed E-state index contributed by atoms with van der Waals surface area (Å²) in [6.07, 6.45) is -2.68. The summed E-state index contributed by atoms with van der Waals surface area (Å²) < 4.78 is 67.2. The van der Waals surface area contributed by atoms with Gasteiger partial charge < -0.3 is 0 Å². The van der Waals surface area contributed by atoms with E-state index in [4.69, 9.17) is 11.0 Å². The molecule has 0 atom stereocenters. The maximum Gasteiger partial charge on any atom is 0.229 e. The van der Waals surface area contributed by atoms with Crippen LogP contribution in [0.2, 0.25) is 0 Å². The number of piperidine rings is 2. The van der Waals surface area contributed by atoms with E-state index in [2.05, 4.69) is 0 Å². The van der Waals surface area contributed by atoms with Crippen molar-refractivity contribution in [1.29, 1.82) is 0 Å². The zero-order valence-electron chi connectivity index (χ0n) is 24.0. The first kappa shape index (κ1) is 12.1. The second-order valence-corrected chi connectivity index (χ2v) is 8.84. The molecule has 154 valence electrons. The van der Waals surface area contributed by atoms with Gasteiger partial charge in [-0.3, -0.25) is 29.0 Å². The molecule has 4 aliphatic rings. The maximum atomic E-state index is 12.9. The summed E-state index contributed by atoms with van der Waals surface area (Å²) in [6.45, 7) is -7.18. The Hall–Kier alpha value is -1.72. The summed E-state index contributed by atoms with van der Waals surface area (Å²) in [5.74, 6) is -3.92. The molecule has 0 aromatic rings. The Labute approximate surface area is 178 Å². The molecule has 2 heterocycles. The fourth-order valence-electron chi connectivity index (χ4n) is 5.38. The van der Waals surface area contributed by atoms with Gasteiger partial charge in [0.25, 0.3) is 0 Å². The molecule has 0 radical (unpaired) electrons. The Morgan fingerprint density at radius 1 is 0.607 bits per heavy atom. The van der Waals surface area contributed by atoms with Crippen LogP contribution in [-0.2, 0) is 19.2 Å². The molecule has 2 saturated carbocycles. The van der Waals surface area contributed by atoms with Gasteiger partial charge in [-0.2, -0.15) is 0 Å². The third-order valence-corrected chi connectivity index (χ3v) is 6.83. The molecule has 28 heavy (non-hydrogen) atoms. The number of carbonyl (C=O) groups is 4. The van der Waals surface area contributed by atoms with Gasteiger partial charge in [0.2, 0.25) is 23.6 Å². The van der Waals surface area contributed by atoms with Crippen molar-refractivity contribution in [2.45, 2.75) is 89.8 Å². The second kappa shape index (κ2) is 7.60. The lowest BCUT2D eigenvalue weighted by atomic mass is 9.76. The molecule has 0 bridgehead atoms. The first-order chi connectivity index (χ1) is 16.4. The third kappa shape index (κ3) is 3.74. The van der Waals surface area contributed by atoms with Crippen LogP contribution in [-0.4, -0.2) is 46.4 Å². The normalized spacial score (nSPS) is 33.1. The highest BCUT2D eigenvalue weighted by molar-refractivity contribution is 5.99. The van der Waals surface area contributed by atoms with Crippen LogP contribution in [0.15, 0.2) is 0 Å². The monoisotopic (exact) mass is 396 g/mol. The van der Waals surface area contributed by atoms with Crippen molar-refractivity contribution < 1.29 is 30.1 Å². The highest BCUT2D eigenvalue weighted by Crippen LogP contribution is 2.48.